The third-order valence-electron chi connectivity index (χ3n) is 3.71. The Labute approximate surface area is 162 Å². The number of anilines is 2. The molecule has 0 aliphatic carbocycles. The zero-order chi connectivity index (χ0) is 19.4. The number of nitrogens with one attached hydrogen (secondary N) is 2. The van der Waals surface area contributed by atoms with Gasteiger partial charge in [0.2, 0.25) is 0 Å². The Morgan fingerprint density at radius 3 is 2.52 bits per heavy atom. The van der Waals surface area contributed by atoms with Crippen LogP contribution in [-0.2, 0) is 10.0 Å². The fraction of sp³-hybridized carbons (Fsp3) is 0.0526. The summed E-state index contributed by atoms with van der Waals surface area (Å²) in [7, 11) is -3.86. The summed E-state index contributed by atoms with van der Waals surface area (Å²) < 4.78 is 28.0. The fourth-order valence-electron chi connectivity index (χ4n) is 2.42. The first-order valence-corrected chi connectivity index (χ1v) is 9.83. The van der Waals surface area contributed by atoms with E-state index in [2.05, 4.69) is 15.0 Å². The molecule has 0 radical (unpaired) electrons. The molecule has 2 N–H and O–H groups in total. The lowest BCUT2D eigenvalue weighted by Gasteiger charge is -2.13. The highest BCUT2D eigenvalue weighted by atomic mass is 35.5. The average Bonchev–Trinajstić information content (AvgIpc) is 2.63. The number of carbonyl (C=O) groups is 1. The van der Waals surface area contributed by atoms with Crippen molar-refractivity contribution in [3.63, 3.8) is 0 Å². The lowest BCUT2D eigenvalue weighted by Crippen LogP contribution is -2.16. The van der Waals surface area contributed by atoms with Crippen LogP contribution in [-0.4, -0.2) is 19.3 Å². The van der Waals surface area contributed by atoms with E-state index in [9.17, 15) is 13.2 Å². The van der Waals surface area contributed by atoms with E-state index in [0.29, 0.717) is 22.0 Å². The molecule has 1 amide bonds. The third-order valence-corrected chi connectivity index (χ3v) is 5.47. The summed E-state index contributed by atoms with van der Waals surface area (Å²) in [5.74, 6) is -0.425. The summed E-state index contributed by atoms with van der Waals surface area (Å²) in [6.07, 6.45) is 1.51. The molecule has 8 heteroatoms. The van der Waals surface area contributed by atoms with Gasteiger partial charge in [0.05, 0.1) is 10.6 Å². The number of aryl methyl sites for hydroxylation is 1. The number of rotatable bonds is 5. The van der Waals surface area contributed by atoms with Crippen molar-refractivity contribution >= 4 is 38.9 Å². The van der Waals surface area contributed by atoms with Crippen LogP contribution in [0.2, 0.25) is 5.02 Å². The summed E-state index contributed by atoms with van der Waals surface area (Å²) in [6, 6.07) is 16.1. The van der Waals surface area contributed by atoms with Crippen molar-refractivity contribution in [1.29, 1.82) is 0 Å². The quantitative estimate of drug-likeness (QED) is 0.673. The number of aromatic nitrogens is 1. The molecular weight excluding hydrogens is 386 g/mol. The van der Waals surface area contributed by atoms with Gasteiger partial charge < -0.3 is 5.32 Å². The van der Waals surface area contributed by atoms with Gasteiger partial charge in [0, 0.05) is 16.9 Å². The molecule has 138 valence electrons. The van der Waals surface area contributed by atoms with Crippen LogP contribution in [0.5, 0.6) is 0 Å². The largest absolute Gasteiger partial charge is 0.321 e. The van der Waals surface area contributed by atoms with Crippen LogP contribution in [0.15, 0.2) is 71.8 Å². The Hall–Kier alpha value is -2.90. The number of benzene rings is 2. The zero-order valence-corrected chi connectivity index (χ0v) is 15.9. The van der Waals surface area contributed by atoms with E-state index in [-0.39, 0.29) is 10.6 Å². The first kappa shape index (κ1) is 18.9. The molecule has 0 aliphatic rings. The Balaban J connectivity index is 1.87. The van der Waals surface area contributed by atoms with Crippen LogP contribution in [0.1, 0.15) is 16.1 Å². The third kappa shape index (κ3) is 4.64. The minimum Gasteiger partial charge on any atom is -0.321 e. The van der Waals surface area contributed by atoms with E-state index in [1.54, 1.807) is 55.5 Å². The second-order valence-corrected chi connectivity index (χ2v) is 7.85. The second-order valence-electron chi connectivity index (χ2n) is 5.77. The van der Waals surface area contributed by atoms with Gasteiger partial charge in [0.25, 0.3) is 15.9 Å². The van der Waals surface area contributed by atoms with Gasteiger partial charge in [-0.15, -0.1) is 0 Å². The van der Waals surface area contributed by atoms with Crippen molar-refractivity contribution in [1.82, 2.24) is 4.98 Å². The smallest absolute Gasteiger partial charge is 0.274 e. The van der Waals surface area contributed by atoms with E-state index in [1.165, 1.54) is 18.3 Å². The van der Waals surface area contributed by atoms with Gasteiger partial charge in [0.1, 0.15) is 5.69 Å². The first-order chi connectivity index (χ1) is 12.8. The van der Waals surface area contributed by atoms with Crippen molar-refractivity contribution in [3.8, 4) is 0 Å². The van der Waals surface area contributed by atoms with Gasteiger partial charge in [-0.25, -0.2) is 8.42 Å². The van der Waals surface area contributed by atoms with Crippen molar-refractivity contribution in [2.24, 2.45) is 0 Å². The van der Waals surface area contributed by atoms with Crippen LogP contribution >= 0.6 is 11.6 Å². The molecule has 0 unspecified atom stereocenters. The maximum atomic E-state index is 12.8. The summed E-state index contributed by atoms with van der Waals surface area (Å²) in [4.78, 5) is 16.3. The van der Waals surface area contributed by atoms with E-state index >= 15 is 0 Å². The molecule has 6 nitrogen and oxygen atoms in total. The molecule has 3 rings (SSSR count). The van der Waals surface area contributed by atoms with Gasteiger partial charge in [-0.2, -0.15) is 0 Å². The predicted octanol–water partition coefficient (Wildman–Crippen LogP) is 4.10. The Morgan fingerprint density at radius 1 is 1.00 bits per heavy atom. The van der Waals surface area contributed by atoms with Crippen LogP contribution in [0.4, 0.5) is 11.4 Å². The van der Waals surface area contributed by atoms with E-state index in [0.717, 1.165) is 0 Å². The molecule has 0 fully saturated rings. The molecule has 0 saturated heterocycles. The monoisotopic (exact) mass is 401 g/mol. The number of pyridine rings is 1. The summed E-state index contributed by atoms with van der Waals surface area (Å²) >= 11 is 5.90. The highest BCUT2D eigenvalue weighted by molar-refractivity contribution is 7.92. The summed E-state index contributed by atoms with van der Waals surface area (Å²) in [5.41, 5.74) is 1.48. The van der Waals surface area contributed by atoms with Crippen molar-refractivity contribution in [3.05, 3.63) is 83.1 Å². The molecule has 0 atom stereocenters. The van der Waals surface area contributed by atoms with Crippen LogP contribution in [0.25, 0.3) is 0 Å². The van der Waals surface area contributed by atoms with Crippen LogP contribution in [0, 0.1) is 6.92 Å². The number of carbonyl (C=O) groups excluding carboxylic acids is 1. The molecule has 1 aromatic heterocycles. The molecule has 0 aliphatic heterocycles. The number of amides is 1. The first-order valence-electron chi connectivity index (χ1n) is 7.96. The maximum absolute atomic E-state index is 12.8. The number of sulfonamides is 1. The van der Waals surface area contributed by atoms with Crippen molar-refractivity contribution in [2.45, 2.75) is 11.8 Å². The fourth-order valence-corrected chi connectivity index (χ4v) is 3.93. The minimum atomic E-state index is -3.86. The van der Waals surface area contributed by atoms with Crippen molar-refractivity contribution in [2.75, 3.05) is 10.0 Å². The molecule has 27 heavy (non-hydrogen) atoms. The van der Waals surface area contributed by atoms with E-state index in [1.807, 2.05) is 0 Å². The van der Waals surface area contributed by atoms with Crippen LogP contribution < -0.4 is 10.0 Å². The lowest BCUT2D eigenvalue weighted by atomic mass is 10.2. The van der Waals surface area contributed by atoms with E-state index < -0.39 is 15.9 Å². The topological polar surface area (TPSA) is 88.2 Å². The Morgan fingerprint density at radius 2 is 1.81 bits per heavy atom. The highest BCUT2D eigenvalue weighted by Crippen LogP contribution is 2.24. The van der Waals surface area contributed by atoms with E-state index in [4.69, 9.17) is 11.6 Å². The van der Waals surface area contributed by atoms with Gasteiger partial charge in [0.15, 0.2) is 0 Å². The second kappa shape index (κ2) is 7.77. The summed E-state index contributed by atoms with van der Waals surface area (Å²) in [6.45, 7) is 1.68. The SMILES string of the molecule is Cc1ccc(NC(=O)c2ccccn2)cc1S(=O)(=O)Nc1cccc(Cl)c1. The van der Waals surface area contributed by atoms with Gasteiger partial charge in [-0.05, 0) is 55.0 Å². The lowest BCUT2D eigenvalue weighted by molar-refractivity contribution is 0.102. The molecular formula is C19H16ClN3O3S. The molecule has 1 heterocycles. The van der Waals surface area contributed by atoms with Gasteiger partial charge in [-0.3, -0.25) is 14.5 Å². The Kier molecular flexibility index (Phi) is 5.43. The summed E-state index contributed by atoms with van der Waals surface area (Å²) in [5, 5.41) is 3.08. The normalized spacial score (nSPS) is 11.0. The average molecular weight is 402 g/mol. The predicted molar refractivity (Wildman–Crippen MR) is 106 cm³/mol. The minimum absolute atomic E-state index is 0.0568. The Bertz CT molecular complexity index is 1090. The molecule has 0 saturated carbocycles. The zero-order valence-electron chi connectivity index (χ0n) is 14.3. The van der Waals surface area contributed by atoms with Crippen molar-refractivity contribution < 1.29 is 13.2 Å². The number of hydrogen-bond donors (Lipinski definition) is 2. The maximum Gasteiger partial charge on any atom is 0.274 e. The molecule has 0 spiro atoms. The molecule has 2 aromatic carbocycles. The van der Waals surface area contributed by atoms with Gasteiger partial charge >= 0.3 is 0 Å². The number of hydrogen-bond acceptors (Lipinski definition) is 4. The number of nitrogens with zero attached hydrogens (tertiary/aromatic N) is 1. The van der Waals surface area contributed by atoms with Gasteiger partial charge in [-0.1, -0.05) is 29.8 Å². The molecule has 0 bridgehead atoms. The van der Waals surface area contributed by atoms with Crippen LogP contribution in [0.3, 0.4) is 0 Å². The molecule has 3 aromatic rings. The highest BCUT2D eigenvalue weighted by Gasteiger charge is 2.18. The number of halogens is 1. The standard InChI is InChI=1S/C19H16ClN3O3S/c1-13-8-9-15(22-19(24)17-7-2-3-10-21-17)12-18(13)27(25,26)23-16-6-4-5-14(20)11-16/h2-12,23H,1H3,(H,22,24).